The second-order valence-corrected chi connectivity index (χ2v) is 14.7. The van der Waals surface area contributed by atoms with Crippen LogP contribution in [0, 0.1) is 5.82 Å². The maximum absolute atomic E-state index is 15.0. The molecule has 0 bridgehead atoms. The number of amidine groups is 1. The van der Waals surface area contributed by atoms with Crippen LogP contribution in [0.1, 0.15) is 38.8 Å². The normalized spacial score (nSPS) is 13.1. The fourth-order valence-corrected chi connectivity index (χ4v) is 4.34. The molecule has 2 aromatic heterocycles. The number of benzene rings is 1. The number of aliphatic imine (C=N–C) groups is 1. The van der Waals surface area contributed by atoms with Crippen LogP contribution in [0.2, 0.25) is 18.1 Å². The van der Waals surface area contributed by atoms with Crippen LogP contribution in [0.5, 0.6) is 5.75 Å². The molecule has 2 heterocycles. The van der Waals surface area contributed by atoms with Gasteiger partial charge in [0.05, 0.1) is 28.7 Å². The van der Waals surface area contributed by atoms with Crippen molar-refractivity contribution in [2.45, 2.75) is 52.2 Å². The Morgan fingerprint density at radius 2 is 1.97 bits per heavy atom. The summed E-state index contributed by atoms with van der Waals surface area (Å²) in [5.41, 5.74) is 15.5. The molecule has 0 amide bonds. The molecular formula is C22H29BrFN5OSi. The van der Waals surface area contributed by atoms with E-state index in [0.717, 1.165) is 10.0 Å². The molecule has 0 aliphatic carbocycles. The van der Waals surface area contributed by atoms with Gasteiger partial charge in [-0.05, 0) is 58.2 Å². The van der Waals surface area contributed by atoms with Crippen molar-refractivity contribution in [1.29, 1.82) is 0 Å². The van der Waals surface area contributed by atoms with Crippen molar-refractivity contribution in [3.8, 4) is 5.75 Å². The molecule has 6 nitrogen and oxygen atoms in total. The minimum absolute atomic E-state index is 0.0377. The number of hydrogen-bond acceptors (Lipinski definition) is 4. The number of halogens is 2. The van der Waals surface area contributed by atoms with Gasteiger partial charge in [-0.1, -0.05) is 27.7 Å². The van der Waals surface area contributed by atoms with Gasteiger partial charge in [0.15, 0.2) is 5.82 Å². The van der Waals surface area contributed by atoms with Gasteiger partial charge in [-0.3, -0.25) is 0 Å². The first-order valence-electron chi connectivity index (χ1n) is 10.1. The highest BCUT2D eigenvalue weighted by Gasteiger charge is 2.39. The zero-order valence-corrected chi connectivity index (χ0v) is 21.3. The zero-order chi connectivity index (χ0) is 23.1. The maximum atomic E-state index is 15.0. The lowest BCUT2D eigenvalue weighted by Gasteiger charge is -2.36. The summed E-state index contributed by atoms with van der Waals surface area (Å²) in [6.45, 7) is 12.5. The van der Waals surface area contributed by atoms with E-state index in [1.54, 1.807) is 23.0 Å². The van der Waals surface area contributed by atoms with Crippen molar-refractivity contribution in [3.63, 3.8) is 0 Å². The molecular weight excluding hydrogens is 477 g/mol. The first-order chi connectivity index (χ1) is 14.3. The monoisotopic (exact) mass is 505 g/mol. The molecule has 0 radical (unpaired) electrons. The standard InChI is InChI=1S/C22H29BrFN5OSi/c1-7-13-8-19(30-31(5,6)22(2,3)4)16(24)10-17(13)28-21(26)15-11-27-29-12-14(23)9-18(29)20(15)25/h8-12H,7,25H2,1-6H3,(H2,26,28). The molecule has 0 atom stereocenters. The van der Waals surface area contributed by atoms with Crippen molar-refractivity contribution in [2.24, 2.45) is 10.7 Å². The highest BCUT2D eigenvalue weighted by atomic mass is 79.9. The van der Waals surface area contributed by atoms with Gasteiger partial charge in [-0.15, -0.1) is 0 Å². The topological polar surface area (TPSA) is 90.9 Å². The van der Waals surface area contributed by atoms with Crippen molar-refractivity contribution in [2.75, 3.05) is 5.73 Å². The lowest BCUT2D eigenvalue weighted by Crippen LogP contribution is -2.44. The summed E-state index contributed by atoms with van der Waals surface area (Å²) < 4.78 is 23.7. The molecule has 9 heteroatoms. The van der Waals surface area contributed by atoms with E-state index in [9.17, 15) is 4.39 Å². The van der Waals surface area contributed by atoms with Crippen LogP contribution < -0.4 is 15.9 Å². The zero-order valence-electron chi connectivity index (χ0n) is 18.8. The smallest absolute Gasteiger partial charge is 0.250 e. The van der Waals surface area contributed by atoms with Gasteiger partial charge < -0.3 is 15.9 Å². The lowest BCUT2D eigenvalue weighted by atomic mass is 10.1. The lowest BCUT2D eigenvalue weighted by molar-refractivity contribution is 0.456. The van der Waals surface area contributed by atoms with Gasteiger partial charge in [0, 0.05) is 16.7 Å². The van der Waals surface area contributed by atoms with E-state index in [1.807, 2.05) is 13.0 Å². The Balaban J connectivity index is 2.02. The van der Waals surface area contributed by atoms with Crippen LogP contribution in [0.25, 0.3) is 5.52 Å². The molecule has 0 unspecified atom stereocenters. The summed E-state index contributed by atoms with van der Waals surface area (Å²) in [5.74, 6) is -0.00997. The molecule has 1 aromatic carbocycles. The van der Waals surface area contributed by atoms with Crippen LogP contribution in [0.3, 0.4) is 0 Å². The van der Waals surface area contributed by atoms with Crippen LogP contribution in [0.15, 0.2) is 40.1 Å². The van der Waals surface area contributed by atoms with E-state index >= 15 is 0 Å². The first kappa shape index (κ1) is 23.3. The number of aromatic nitrogens is 2. The molecule has 0 saturated heterocycles. The highest BCUT2D eigenvalue weighted by Crippen LogP contribution is 2.39. The Hall–Kier alpha value is -2.39. The van der Waals surface area contributed by atoms with Gasteiger partial charge in [0.1, 0.15) is 11.6 Å². The van der Waals surface area contributed by atoms with E-state index in [1.165, 1.54) is 6.07 Å². The number of anilines is 1. The molecule has 0 aliphatic rings. The average Bonchev–Trinajstić information content (AvgIpc) is 3.04. The summed E-state index contributed by atoms with van der Waals surface area (Å²) in [4.78, 5) is 4.49. The van der Waals surface area contributed by atoms with Gasteiger partial charge in [-0.2, -0.15) is 5.10 Å². The van der Waals surface area contributed by atoms with Gasteiger partial charge >= 0.3 is 0 Å². The number of nitrogen functional groups attached to an aromatic ring is 1. The predicted octanol–water partition coefficient (Wildman–Crippen LogP) is 5.80. The average molecular weight is 506 g/mol. The fraction of sp³-hybridized carbons (Fsp3) is 0.364. The third kappa shape index (κ3) is 4.62. The van der Waals surface area contributed by atoms with Crippen molar-refractivity contribution in [3.05, 3.63) is 52.0 Å². The van der Waals surface area contributed by atoms with E-state index in [-0.39, 0.29) is 16.6 Å². The number of hydrogen-bond donors (Lipinski definition) is 2. The molecule has 0 saturated carbocycles. The Kier molecular flexibility index (Phi) is 6.21. The SMILES string of the molecule is CCc1cc(O[Si](C)(C)C(C)(C)C)c(F)cc1N=C(N)c1cnn2cc(Br)cc2c1N. The van der Waals surface area contributed by atoms with Crippen LogP contribution in [-0.2, 0) is 6.42 Å². The molecule has 3 rings (SSSR count). The minimum atomic E-state index is -2.18. The maximum Gasteiger partial charge on any atom is 0.250 e. The third-order valence-electron chi connectivity index (χ3n) is 5.85. The molecule has 31 heavy (non-hydrogen) atoms. The third-order valence-corrected chi connectivity index (χ3v) is 10.6. The van der Waals surface area contributed by atoms with Crippen LogP contribution >= 0.6 is 15.9 Å². The largest absolute Gasteiger partial charge is 0.542 e. The molecule has 0 fully saturated rings. The number of fused-ring (bicyclic) bond motifs is 1. The molecule has 3 aromatic rings. The summed E-state index contributed by atoms with van der Waals surface area (Å²) in [6, 6.07) is 4.96. The summed E-state index contributed by atoms with van der Waals surface area (Å²) in [5, 5.41) is 4.28. The van der Waals surface area contributed by atoms with Crippen molar-refractivity contribution >= 4 is 47.0 Å². The Morgan fingerprint density at radius 3 is 2.58 bits per heavy atom. The number of nitrogens with two attached hydrogens (primary N) is 2. The number of nitrogens with zero attached hydrogens (tertiary/aromatic N) is 3. The second-order valence-electron chi connectivity index (χ2n) is 9.08. The quantitative estimate of drug-likeness (QED) is 0.260. The van der Waals surface area contributed by atoms with Crippen LogP contribution in [-0.4, -0.2) is 23.8 Å². The number of aryl methyl sites for hydroxylation is 1. The molecule has 0 spiro atoms. The fourth-order valence-electron chi connectivity index (χ4n) is 2.92. The van der Waals surface area contributed by atoms with Gasteiger partial charge in [0.25, 0.3) is 8.32 Å². The van der Waals surface area contributed by atoms with E-state index < -0.39 is 14.1 Å². The van der Waals surface area contributed by atoms with Gasteiger partial charge in [0.2, 0.25) is 0 Å². The summed E-state index contributed by atoms with van der Waals surface area (Å²) in [6.07, 6.45) is 4.01. The van der Waals surface area contributed by atoms with E-state index in [2.05, 4.69) is 59.9 Å². The molecule has 166 valence electrons. The van der Waals surface area contributed by atoms with E-state index in [4.69, 9.17) is 15.9 Å². The van der Waals surface area contributed by atoms with Gasteiger partial charge in [-0.25, -0.2) is 13.9 Å². The second kappa shape index (κ2) is 8.27. The van der Waals surface area contributed by atoms with Crippen molar-refractivity contribution < 1.29 is 8.82 Å². The summed E-state index contributed by atoms with van der Waals surface area (Å²) in [7, 11) is -2.18. The Labute approximate surface area is 191 Å². The Bertz CT molecular complexity index is 1170. The number of rotatable bonds is 5. The highest BCUT2D eigenvalue weighted by molar-refractivity contribution is 9.10. The first-order valence-corrected chi connectivity index (χ1v) is 13.8. The molecule has 0 aliphatic heterocycles. The molecule has 4 N–H and O–H groups in total. The minimum Gasteiger partial charge on any atom is -0.542 e. The van der Waals surface area contributed by atoms with E-state index in [0.29, 0.717) is 28.9 Å². The summed E-state index contributed by atoms with van der Waals surface area (Å²) >= 11 is 3.41. The van der Waals surface area contributed by atoms with Crippen LogP contribution in [0.4, 0.5) is 15.8 Å². The predicted molar refractivity (Wildman–Crippen MR) is 131 cm³/mol. The Morgan fingerprint density at radius 1 is 1.29 bits per heavy atom. The van der Waals surface area contributed by atoms with Crippen molar-refractivity contribution in [1.82, 2.24) is 9.61 Å².